The zero-order valence-electron chi connectivity index (χ0n) is 14.0. The van der Waals surface area contributed by atoms with E-state index in [1.165, 1.54) is 7.11 Å². The lowest BCUT2D eigenvalue weighted by molar-refractivity contribution is -0.146. The van der Waals surface area contributed by atoms with Crippen LogP contribution < -0.4 is 0 Å². The molecular formula is C16H31NO4. The molecule has 0 aliphatic rings. The molecule has 0 aromatic carbocycles. The molecule has 0 radical (unpaired) electrons. The van der Waals surface area contributed by atoms with Crippen molar-refractivity contribution >= 4 is 11.9 Å². The number of nitrogens with zero attached hydrogens (tertiary/aromatic N) is 1. The molecule has 0 rings (SSSR count). The van der Waals surface area contributed by atoms with Crippen LogP contribution in [0.5, 0.6) is 0 Å². The van der Waals surface area contributed by atoms with Crippen LogP contribution in [0.2, 0.25) is 0 Å². The smallest absolute Gasteiger partial charge is 0.310 e. The summed E-state index contributed by atoms with van der Waals surface area (Å²) in [6, 6.07) is 0. The maximum absolute atomic E-state index is 12.1. The molecule has 0 aromatic heterocycles. The summed E-state index contributed by atoms with van der Waals surface area (Å²) in [6.07, 6.45) is 4.32. The lowest BCUT2D eigenvalue weighted by atomic mass is 10.1. The van der Waals surface area contributed by atoms with Crippen molar-refractivity contribution in [1.29, 1.82) is 0 Å². The van der Waals surface area contributed by atoms with Gasteiger partial charge in [0.25, 0.3) is 0 Å². The van der Waals surface area contributed by atoms with Gasteiger partial charge in [0.05, 0.1) is 13.0 Å². The van der Waals surface area contributed by atoms with Gasteiger partial charge in [0.2, 0.25) is 5.91 Å². The highest BCUT2D eigenvalue weighted by Crippen LogP contribution is 2.07. The van der Waals surface area contributed by atoms with Crippen LogP contribution in [0, 0.1) is 5.92 Å². The van der Waals surface area contributed by atoms with Gasteiger partial charge >= 0.3 is 5.97 Å². The van der Waals surface area contributed by atoms with E-state index in [0.29, 0.717) is 26.1 Å². The largest absolute Gasteiger partial charge is 0.469 e. The van der Waals surface area contributed by atoms with Crippen LogP contribution >= 0.6 is 0 Å². The van der Waals surface area contributed by atoms with Crippen LogP contribution in [-0.2, 0) is 19.1 Å². The van der Waals surface area contributed by atoms with Gasteiger partial charge in [-0.25, -0.2) is 0 Å². The van der Waals surface area contributed by atoms with Crippen molar-refractivity contribution in [3.05, 3.63) is 0 Å². The van der Waals surface area contributed by atoms with Gasteiger partial charge < -0.3 is 14.4 Å². The molecule has 0 fully saturated rings. The second-order valence-corrected chi connectivity index (χ2v) is 5.33. The summed E-state index contributed by atoms with van der Waals surface area (Å²) in [5.74, 6) is -0.470. The first-order chi connectivity index (χ1) is 10.1. The van der Waals surface area contributed by atoms with E-state index in [4.69, 9.17) is 9.47 Å². The lowest BCUT2D eigenvalue weighted by Gasteiger charge is -2.25. The summed E-state index contributed by atoms with van der Waals surface area (Å²) in [6.45, 7) is 8.37. The lowest BCUT2D eigenvalue weighted by Crippen LogP contribution is -2.38. The van der Waals surface area contributed by atoms with Crippen molar-refractivity contribution in [3.8, 4) is 0 Å². The van der Waals surface area contributed by atoms with E-state index in [2.05, 4.69) is 6.92 Å². The number of amides is 1. The minimum atomic E-state index is -0.295. The number of ether oxygens (including phenoxy) is 2. The normalized spacial score (nSPS) is 12.0. The summed E-state index contributed by atoms with van der Waals surface area (Å²) >= 11 is 0. The minimum Gasteiger partial charge on any atom is -0.469 e. The van der Waals surface area contributed by atoms with Gasteiger partial charge in [0.15, 0.2) is 0 Å². The second-order valence-electron chi connectivity index (χ2n) is 5.33. The van der Waals surface area contributed by atoms with E-state index >= 15 is 0 Å². The molecule has 1 unspecified atom stereocenters. The summed E-state index contributed by atoms with van der Waals surface area (Å²) < 4.78 is 10.2. The molecule has 0 saturated heterocycles. The van der Waals surface area contributed by atoms with Crippen LogP contribution in [-0.4, -0.2) is 50.2 Å². The Morgan fingerprint density at radius 3 is 2.33 bits per heavy atom. The molecular weight excluding hydrogens is 270 g/mol. The predicted octanol–water partition coefficient (Wildman–Crippen LogP) is 2.63. The standard InChI is InChI=1S/C16H31NO4/c1-5-7-11-21-12-8-10-17(15(18)9-6-2)13-14(3)16(19)20-4/h14H,5-13H2,1-4H3. The molecule has 21 heavy (non-hydrogen) atoms. The van der Waals surface area contributed by atoms with Gasteiger partial charge in [-0.2, -0.15) is 0 Å². The number of methoxy groups -OCH3 is 1. The van der Waals surface area contributed by atoms with Crippen LogP contribution in [0.15, 0.2) is 0 Å². The summed E-state index contributed by atoms with van der Waals surface area (Å²) in [7, 11) is 1.37. The van der Waals surface area contributed by atoms with Gasteiger partial charge in [-0.05, 0) is 19.3 Å². The first-order valence-corrected chi connectivity index (χ1v) is 8.00. The molecule has 1 atom stereocenters. The van der Waals surface area contributed by atoms with Crippen LogP contribution in [0.3, 0.4) is 0 Å². The molecule has 5 heteroatoms. The number of rotatable bonds is 12. The van der Waals surface area contributed by atoms with Crippen molar-refractivity contribution in [2.75, 3.05) is 33.4 Å². The molecule has 5 nitrogen and oxygen atoms in total. The zero-order chi connectivity index (χ0) is 16.1. The second kappa shape index (κ2) is 12.6. The summed E-state index contributed by atoms with van der Waals surface area (Å²) in [4.78, 5) is 25.3. The highest BCUT2D eigenvalue weighted by molar-refractivity contribution is 5.77. The Morgan fingerprint density at radius 1 is 1.10 bits per heavy atom. The van der Waals surface area contributed by atoms with E-state index in [1.54, 1.807) is 11.8 Å². The Kier molecular flexibility index (Phi) is 12.0. The Balaban J connectivity index is 4.20. The molecule has 0 N–H and O–H groups in total. The SMILES string of the molecule is CCCCOCCCN(CC(C)C(=O)OC)C(=O)CCC. The fraction of sp³-hybridized carbons (Fsp3) is 0.875. The maximum atomic E-state index is 12.1. The monoisotopic (exact) mass is 301 g/mol. The number of hydrogen-bond acceptors (Lipinski definition) is 4. The third-order valence-electron chi connectivity index (χ3n) is 3.27. The molecule has 0 aliphatic carbocycles. The van der Waals surface area contributed by atoms with Gasteiger partial charge in [-0.3, -0.25) is 9.59 Å². The average Bonchev–Trinajstić information content (AvgIpc) is 2.48. The number of carbonyl (C=O) groups excluding carboxylic acids is 2. The molecule has 0 heterocycles. The topological polar surface area (TPSA) is 55.8 Å². The van der Waals surface area contributed by atoms with Crippen LogP contribution in [0.4, 0.5) is 0 Å². The van der Waals surface area contributed by atoms with E-state index in [1.807, 2.05) is 6.92 Å². The van der Waals surface area contributed by atoms with Crippen LogP contribution in [0.1, 0.15) is 52.9 Å². The number of carbonyl (C=O) groups is 2. The van der Waals surface area contributed by atoms with Gasteiger partial charge in [-0.1, -0.05) is 27.2 Å². The molecule has 0 aliphatic heterocycles. The maximum Gasteiger partial charge on any atom is 0.310 e. The number of esters is 1. The Labute approximate surface area is 129 Å². The predicted molar refractivity (Wildman–Crippen MR) is 83.0 cm³/mol. The molecule has 124 valence electrons. The van der Waals surface area contributed by atoms with Crippen molar-refractivity contribution in [1.82, 2.24) is 4.90 Å². The number of unbranched alkanes of at least 4 members (excludes halogenated alkanes) is 1. The minimum absolute atomic E-state index is 0.0989. The first-order valence-electron chi connectivity index (χ1n) is 8.00. The first kappa shape index (κ1) is 19.9. The fourth-order valence-corrected chi connectivity index (χ4v) is 2.00. The van der Waals surface area contributed by atoms with E-state index in [9.17, 15) is 9.59 Å². The molecule has 1 amide bonds. The van der Waals surface area contributed by atoms with E-state index in [-0.39, 0.29) is 17.8 Å². The summed E-state index contributed by atoms with van der Waals surface area (Å²) in [5.41, 5.74) is 0. The van der Waals surface area contributed by atoms with E-state index < -0.39 is 0 Å². The van der Waals surface area contributed by atoms with Crippen molar-refractivity contribution < 1.29 is 19.1 Å². The average molecular weight is 301 g/mol. The zero-order valence-corrected chi connectivity index (χ0v) is 14.0. The van der Waals surface area contributed by atoms with Gasteiger partial charge in [0, 0.05) is 32.7 Å². The Bertz CT molecular complexity index is 294. The van der Waals surface area contributed by atoms with Crippen molar-refractivity contribution in [2.24, 2.45) is 5.92 Å². The summed E-state index contributed by atoms with van der Waals surface area (Å²) in [5, 5.41) is 0. The third-order valence-corrected chi connectivity index (χ3v) is 3.27. The van der Waals surface area contributed by atoms with Crippen LogP contribution in [0.25, 0.3) is 0 Å². The van der Waals surface area contributed by atoms with E-state index in [0.717, 1.165) is 32.3 Å². The molecule has 0 saturated carbocycles. The van der Waals surface area contributed by atoms with Crippen molar-refractivity contribution in [2.45, 2.75) is 52.9 Å². The highest BCUT2D eigenvalue weighted by Gasteiger charge is 2.20. The quantitative estimate of drug-likeness (QED) is 0.411. The van der Waals surface area contributed by atoms with Gasteiger partial charge in [0.1, 0.15) is 0 Å². The molecule has 0 aromatic rings. The van der Waals surface area contributed by atoms with Gasteiger partial charge in [-0.15, -0.1) is 0 Å². The van der Waals surface area contributed by atoms with Crippen molar-refractivity contribution in [3.63, 3.8) is 0 Å². The third kappa shape index (κ3) is 9.45. The number of hydrogen-bond donors (Lipinski definition) is 0. The Hall–Kier alpha value is -1.10. The highest BCUT2D eigenvalue weighted by atomic mass is 16.5. The molecule has 0 spiro atoms. The molecule has 0 bridgehead atoms. The Morgan fingerprint density at radius 2 is 1.76 bits per heavy atom. The fourth-order valence-electron chi connectivity index (χ4n) is 2.00.